The Bertz CT molecular complexity index is 832. The van der Waals surface area contributed by atoms with E-state index in [1.165, 1.54) is 6.21 Å². The zero-order valence-corrected chi connectivity index (χ0v) is 16.3. The third kappa shape index (κ3) is 6.42. The molecule has 0 saturated heterocycles. The quantitative estimate of drug-likeness (QED) is 0.317. The first-order valence-electron chi connectivity index (χ1n) is 9.05. The van der Waals surface area contributed by atoms with Crippen LogP contribution in [0.5, 0.6) is 11.5 Å². The van der Waals surface area contributed by atoms with Gasteiger partial charge in [-0.1, -0.05) is 31.0 Å². The maximum Gasteiger partial charge on any atom is 0.329 e. The maximum absolute atomic E-state index is 11.9. The first-order valence-corrected chi connectivity index (χ1v) is 9.05. The largest absolute Gasteiger partial charge is 0.493 e. The molecule has 0 aromatic heterocycles. The van der Waals surface area contributed by atoms with Crippen LogP contribution in [0.4, 0.5) is 5.69 Å². The van der Waals surface area contributed by atoms with E-state index in [9.17, 15) is 9.59 Å². The normalized spacial score (nSPS) is 10.5. The van der Waals surface area contributed by atoms with E-state index in [1.807, 2.05) is 19.1 Å². The number of carbonyl (C=O) groups is 2. The Hall–Kier alpha value is -3.35. The Kier molecular flexibility index (Phi) is 8.02. The van der Waals surface area contributed by atoms with Gasteiger partial charge in [-0.3, -0.25) is 9.59 Å². The summed E-state index contributed by atoms with van der Waals surface area (Å²) in [5.74, 6) is -0.429. The highest BCUT2D eigenvalue weighted by Gasteiger charge is 2.12. The third-order valence-corrected chi connectivity index (χ3v) is 3.84. The van der Waals surface area contributed by atoms with E-state index < -0.39 is 11.8 Å². The Labute approximate surface area is 164 Å². The van der Waals surface area contributed by atoms with E-state index in [0.29, 0.717) is 29.4 Å². The molecule has 2 aromatic rings. The molecule has 2 rings (SSSR count). The fraction of sp³-hybridized carbons (Fsp3) is 0.286. The number of benzene rings is 2. The Morgan fingerprint density at radius 1 is 1.07 bits per heavy atom. The zero-order valence-electron chi connectivity index (χ0n) is 16.3. The van der Waals surface area contributed by atoms with E-state index in [-0.39, 0.29) is 0 Å². The first kappa shape index (κ1) is 21.0. The van der Waals surface area contributed by atoms with Crippen LogP contribution in [0.1, 0.15) is 30.9 Å². The summed E-state index contributed by atoms with van der Waals surface area (Å²) in [6.45, 7) is 4.61. The molecule has 2 N–H and O–H groups in total. The van der Waals surface area contributed by atoms with Crippen molar-refractivity contribution in [2.24, 2.45) is 5.10 Å². The zero-order chi connectivity index (χ0) is 20.4. The highest BCUT2D eigenvalue weighted by molar-refractivity contribution is 6.39. The van der Waals surface area contributed by atoms with Crippen molar-refractivity contribution in [3.63, 3.8) is 0 Å². The summed E-state index contributed by atoms with van der Waals surface area (Å²) in [7, 11) is 1.57. The predicted molar refractivity (Wildman–Crippen MR) is 109 cm³/mol. The predicted octanol–water partition coefficient (Wildman–Crippen LogP) is 3.27. The van der Waals surface area contributed by atoms with Crippen molar-refractivity contribution in [1.82, 2.24) is 5.43 Å². The lowest BCUT2D eigenvalue weighted by Crippen LogP contribution is -2.32. The molecular formula is C21H25N3O4. The summed E-state index contributed by atoms with van der Waals surface area (Å²) in [6, 6.07) is 12.4. The molecule has 2 amide bonds. The lowest BCUT2D eigenvalue weighted by Gasteiger charge is -2.10. The van der Waals surface area contributed by atoms with Crippen LogP contribution in [-0.2, 0) is 9.59 Å². The maximum atomic E-state index is 11.9. The Morgan fingerprint density at radius 3 is 2.50 bits per heavy atom. The fourth-order valence-corrected chi connectivity index (χ4v) is 2.25. The number of nitrogens with one attached hydrogen (secondary N) is 2. The molecule has 2 aromatic carbocycles. The van der Waals surface area contributed by atoms with Crippen LogP contribution in [0.2, 0.25) is 0 Å². The molecule has 7 heteroatoms. The van der Waals surface area contributed by atoms with Crippen LogP contribution in [-0.4, -0.2) is 31.7 Å². The molecule has 0 fully saturated rings. The van der Waals surface area contributed by atoms with Crippen molar-refractivity contribution < 1.29 is 19.1 Å². The number of methoxy groups -OCH3 is 1. The van der Waals surface area contributed by atoms with E-state index in [4.69, 9.17) is 9.47 Å². The van der Waals surface area contributed by atoms with Crippen LogP contribution in [0, 0.1) is 6.92 Å². The van der Waals surface area contributed by atoms with Crippen LogP contribution >= 0.6 is 0 Å². The Morgan fingerprint density at radius 2 is 1.82 bits per heavy atom. The molecule has 0 heterocycles. The summed E-state index contributed by atoms with van der Waals surface area (Å²) in [4.78, 5) is 23.8. The molecule has 0 aliphatic rings. The average Bonchev–Trinajstić information content (AvgIpc) is 2.70. The standard InChI is InChI=1S/C21H25N3O4/c1-4-5-12-28-19-13-16(8-11-18(19)27-3)14-22-24-21(26)20(25)23-17-9-6-15(2)7-10-17/h6-11,13-14H,4-5,12H2,1-3H3,(H,23,25)(H,24,26)/b22-14-. The van der Waals surface area contributed by atoms with Gasteiger partial charge in [0.05, 0.1) is 19.9 Å². The van der Waals surface area contributed by atoms with Gasteiger partial charge in [0.25, 0.3) is 0 Å². The molecule has 7 nitrogen and oxygen atoms in total. The lowest BCUT2D eigenvalue weighted by molar-refractivity contribution is -0.136. The summed E-state index contributed by atoms with van der Waals surface area (Å²) in [5.41, 5.74) is 4.51. The van der Waals surface area contributed by atoms with Crippen LogP contribution in [0.15, 0.2) is 47.6 Å². The smallest absolute Gasteiger partial charge is 0.329 e. The number of carbonyl (C=O) groups excluding carboxylic acids is 2. The van der Waals surface area contributed by atoms with Gasteiger partial charge >= 0.3 is 11.8 Å². The summed E-state index contributed by atoms with van der Waals surface area (Å²) >= 11 is 0. The number of amides is 2. The third-order valence-electron chi connectivity index (χ3n) is 3.84. The van der Waals surface area contributed by atoms with E-state index in [1.54, 1.807) is 37.4 Å². The van der Waals surface area contributed by atoms with Gasteiger partial charge in [0.2, 0.25) is 0 Å². The number of rotatable bonds is 8. The molecule has 28 heavy (non-hydrogen) atoms. The molecule has 0 spiro atoms. The molecular weight excluding hydrogens is 358 g/mol. The number of hydrazone groups is 1. The van der Waals surface area contributed by atoms with Crippen LogP contribution in [0.25, 0.3) is 0 Å². The van der Waals surface area contributed by atoms with Gasteiger partial charge in [-0.05, 0) is 49.2 Å². The minimum absolute atomic E-state index is 0.541. The van der Waals surface area contributed by atoms with Crippen LogP contribution in [0.3, 0.4) is 0 Å². The van der Waals surface area contributed by atoms with Crippen molar-refractivity contribution in [2.75, 3.05) is 19.0 Å². The molecule has 0 radical (unpaired) electrons. The second kappa shape index (κ2) is 10.7. The van der Waals surface area contributed by atoms with Gasteiger partial charge in [0.15, 0.2) is 11.5 Å². The van der Waals surface area contributed by atoms with E-state index in [0.717, 1.165) is 18.4 Å². The second-order valence-corrected chi connectivity index (χ2v) is 6.13. The second-order valence-electron chi connectivity index (χ2n) is 6.13. The minimum Gasteiger partial charge on any atom is -0.493 e. The summed E-state index contributed by atoms with van der Waals surface area (Å²) < 4.78 is 11.0. The molecule has 0 aliphatic carbocycles. The number of hydrogen-bond acceptors (Lipinski definition) is 5. The number of ether oxygens (including phenoxy) is 2. The number of nitrogens with zero attached hydrogens (tertiary/aromatic N) is 1. The first-order chi connectivity index (χ1) is 13.5. The minimum atomic E-state index is -0.857. The highest BCUT2D eigenvalue weighted by atomic mass is 16.5. The molecule has 0 aliphatic heterocycles. The average molecular weight is 383 g/mol. The van der Waals surface area contributed by atoms with Gasteiger partial charge in [-0.2, -0.15) is 5.10 Å². The monoisotopic (exact) mass is 383 g/mol. The summed E-state index contributed by atoms with van der Waals surface area (Å²) in [6.07, 6.45) is 3.40. The lowest BCUT2D eigenvalue weighted by atomic mass is 10.2. The highest BCUT2D eigenvalue weighted by Crippen LogP contribution is 2.27. The number of anilines is 1. The fourth-order valence-electron chi connectivity index (χ4n) is 2.25. The van der Waals surface area contributed by atoms with Crippen LogP contribution < -0.4 is 20.2 Å². The summed E-state index contributed by atoms with van der Waals surface area (Å²) in [5, 5.41) is 6.34. The van der Waals surface area contributed by atoms with Crippen molar-refractivity contribution >= 4 is 23.7 Å². The van der Waals surface area contributed by atoms with Crippen molar-refractivity contribution in [3.8, 4) is 11.5 Å². The van der Waals surface area contributed by atoms with Gasteiger partial charge in [-0.25, -0.2) is 5.43 Å². The number of aryl methyl sites for hydroxylation is 1. The van der Waals surface area contributed by atoms with E-state index in [2.05, 4.69) is 22.8 Å². The number of unbranched alkanes of at least 4 members (excludes halogenated alkanes) is 1. The van der Waals surface area contributed by atoms with Gasteiger partial charge in [0, 0.05) is 5.69 Å². The van der Waals surface area contributed by atoms with Gasteiger partial charge < -0.3 is 14.8 Å². The van der Waals surface area contributed by atoms with Crippen molar-refractivity contribution in [1.29, 1.82) is 0 Å². The molecule has 0 saturated carbocycles. The molecule has 0 bridgehead atoms. The van der Waals surface area contributed by atoms with Gasteiger partial charge in [-0.15, -0.1) is 0 Å². The van der Waals surface area contributed by atoms with Gasteiger partial charge in [0.1, 0.15) is 0 Å². The van der Waals surface area contributed by atoms with Crippen molar-refractivity contribution in [2.45, 2.75) is 26.7 Å². The number of hydrogen-bond donors (Lipinski definition) is 2. The molecule has 0 unspecified atom stereocenters. The van der Waals surface area contributed by atoms with Crippen molar-refractivity contribution in [3.05, 3.63) is 53.6 Å². The molecule has 0 atom stereocenters. The van der Waals surface area contributed by atoms with E-state index >= 15 is 0 Å². The Balaban J connectivity index is 1.93. The SMILES string of the molecule is CCCCOc1cc(/C=N\NC(=O)C(=O)Nc2ccc(C)cc2)ccc1OC. The topological polar surface area (TPSA) is 89.0 Å². The molecule has 148 valence electrons.